The third-order valence-electron chi connectivity index (χ3n) is 3.70. The molecule has 0 radical (unpaired) electrons. The lowest BCUT2D eigenvalue weighted by Crippen LogP contribution is -2.38. The summed E-state index contributed by atoms with van der Waals surface area (Å²) in [5.74, 6) is 0. The van der Waals surface area contributed by atoms with Gasteiger partial charge in [0, 0.05) is 19.6 Å². The zero-order valence-electron chi connectivity index (χ0n) is 11.1. The highest BCUT2D eigenvalue weighted by Crippen LogP contribution is 2.21. The molecule has 100 valence electrons. The van der Waals surface area contributed by atoms with E-state index in [9.17, 15) is 8.42 Å². The van der Waals surface area contributed by atoms with E-state index >= 15 is 0 Å². The summed E-state index contributed by atoms with van der Waals surface area (Å²) in [5, 5.41) is 3.19. The SMILES string of the molecule is Cc1ccc(S(=O)(=O)N(C)[C@H]2CCNC2)cc1C. The van der Waals surface area contributed by atoms with Crippen molar-refractivity contribution in [3.05, 3.63) is 29.3 Å². The molecule has 1 aliphatic rings. The molecule has 1 saturated heterocycles. The Balaban J connectivity index is 2.32. The summed E-state index contributed by atoms with van der Waals surface area (Å²) in [5.41, 5.74) is 2.12. The van der Waals surface area contributed by atoms with E-state index in [-0.39, 0.29) is 6.04 Å². The fourth-order valence-electron chi connectivity index (χ4n) is 2.19. The van der Waals surface area contributed by atoms with Crippen LogP contribution in [0.25, 0.3) is 0 Å². The van der Waals surface area contributed by atoms with Crippen LogP contribution in [-0.4, -0.2) is 38.9 Å². The topological polar surface area (TPSA) is 49.4 Å². The third-order valence-corrected chi connectivity index (χ3v) is 5.61. The van der Waals surface area contributed by atoms with E-state index in [1.165, 1.54) is 4.31 Å². The van der Waals surface area contributed by atoms with Crippen molar-refractivity contribution in [1.29, 1.82) is 0 Å². The zero-order valence-corrected chi connectivity index (χ0v) is 11.9. The highest BCUT2D eigenvalue weighted by Gasteiger charge is 2.29. The van der Waals surface area contributed by atoms with Crippen LogP contribution in [-0.2, 0) is 10.0 Å². The lowest BCUT2D eigenvalue weighted by atomic mass is 10.1. The van der Waals surface area contributed by atoms with E-state index in [1.807, 2.05) is 19.9 Å². The Morgan fingerprint density at radius 1 is 1.28 bits per heavy atom. The number of rotatable bonds is 3. The molecule has 1 aliphatic heterocycles. The van der Waals surface area contributed by atoms with Crippen LogP contribution < -0.4 is 5.32 Å². The van der Waals surface area contributed by atoms with E-state index in [0.29, 0.717) is 4.90 Å². The molecule has 0 aliphatic carbocycles. The molecule has 4 nitrogen and oxygen atoms in total. The summed E-state index contributed by atoms with van der Waals surface area (Å²) < 4.78 is 26.5. The molecule has 5 heteroatoms. The number of nitrogens with one attached hydrogen (secondary N) is 1. The lowest BCUT2D eigenvalue weighted by Gasteiger charge is -2.23. The first kappa shape index (κ1) is 13.5. The minimum atomic E-state index is -3.37. The molecule has 1 heterocycles. The first-order chi connectivity index (χ1) is 8.43. The van der Waals surface area contributed by atoms with Crippen LogP contribution in [0.3, 0.4) is 0 Å². The third kappa shape index (κ3) is 2.43. The van der Waals surface area contributed by atoms with Crippen LogP contribution in [0, 0.1) is 13.8 Å². The molecule has 1 N–H and O–H groups in total. The van der Waals surface area contributed by atoms with E-state index in [2.05, 4.69) is 5.32 Å². The highest BCUT2D eigenvalue weighted by molar-refractivity contribution is 7.89. The molecule has 1 atom stereocenters. The number of sulfonamides is 1. The average molecular weight is 268 g/mol. The van der Waals surface area contributed by atoms with Gasteiger partial charge in [-0.2, -0.15) is 4.31 Å². The second-order valence-electron chi connectivity index (χ2n) is 4.91. The second kappa shape index (κ2) is 4.99. The monoisotopic (exact) mass is 268 g/mol. The summed E-state index contributed by atoms with van der Waals surface area (Å²) in [6.45, 7) is 5.54. The average Bonchev–Trinajstić information content (AvgIpc) is 2.85. The largest absolute Gasteiger partial charge is 0.315 e. The Labute approximate surface area is 109 Å². The number of aryl methyl sites for hydroxylation is 2. The molecular weight excluding hydrogens is 248 g/mol. The van der Waals surface area contributed by atoms with Crippen molar-refractivity contribution in [2.75, 3.05) is 20.1 Å². The maximum absolute atomic E-state index is 12.5. The van der Waals surface area contributed by atoms with Crippen molar-refractivity contribution in [2.45, 2.75) is 31.2 Å². The first-order valence-electron chi connectivity index (χ1n) is 6.19. The van der Waals surface area contributed by atoms with Crippen LogP contribution in [0.4, 0.5) is 0 Å². The van der Waals surface area contributed by atoms with Gasteiger partial charge in [-0.25, -0.2) is 8.42 Å². The quantitative estimate of drug-likeness (QED) is 0.898. The molecule has 0 amide bonds. The van der Waals surface area contributed by atoms with Crippen molar-refractivity contribution >= 4 is 10.0 Å². The molecule has 1 fully saturated rings. The van der Waals surface area contributed by atoms with Crippen LogP contribution in [0.2, 0.25) is 0 Å². The van der Waals surface area contributed by atoms with Crippen LogP contribution in [0.15, 0.2) is 23.1 Å². The van der Waals surface area contributed by atoms with Crippen LogP contribution in [0.5, 0.6) is 0 Å². The standard InChI is InChI=1S/C13H20N2O2S/c1-10-4-5-13(8-11(10)2)18(16,17)15(3)12-6-7-14-9-12/h4-5,8,12,14H,6-7,9H2,1-3H3/t12-/m0/s1. The number of benzene rings is 1. The van der Waals surface area contributed by atoms with Gasteiger partial charge in [-0.05, 0) is 50.1 Å². The van der Waals surface area contributed by atoms with Crippen molar-refractivity contribution in [3.63, 3.8) is 0 Å². The summed E-state index contributed by atoms with van der Waals surface area (Å²) >= 11 is 0. The predicted molar refractivity (Wildman–Crippen MR) is 72.1 cm³/mol. The molecule has 1 aromatic rings. The molecule has 18 heavy (non-hydrogen) atoms. The molecule has 0 saturated carbocycles. The van der Waals surface area contributed by atoms with Gasteiger partial charge in [-0.1, -0.05) is 6.07 Å². The Morgan fingerprint density at radius 2 is 2.00 bits per heavy atom. The van der Waals surface area contributed by atoms with Crippen molar-refractivity contribution in [2.24, 2.45) is 0 Å². The summed E-state index contributed by atoms with van der Waals surface area (Å²) in [7, 11) is -1.70. The van der Waals surface area contributed by atoms with E-state index in [0.717, 1.165) is 30.6 Å². The Hall–Kier alpha value is -0.910. The van der Waals surface area contributed by atoms with Gasteiger partial charge in [0.15, 0.2) is 0 Å². The molecule has 1 aromatic carbocycles. The smallest absolute Gasteiger partial charge is 0.243 e. The fourth-order valence-corrected chi connectivity index (χ4v) is 3.66. The van der Waals surface area contributed by atoms with Gasteiger partial charge in [-0.15, -0.1) is 0 Å². The number of likely N-dealkylation sites (N-methyl/N-ethyl adjacent to an activating group) is 1. The van der Waals surface area contributed by atoms with E-state index < -0.39 is 10.0 Å². The van der Waals surface area contributed by atoms with Crippen molar-refractivity contribution < 1.29 is 8.42 Å². The minimum Gasteiger partial charge on any atom is -0.315 e. The first-order valence-corrected chi connectivity index (χ1v) is 7.63. The van der Waals surface area contributed by atoms with E-state index in [1.54, 1.807) is 19.2 Å². The molecule has 0 aromatic heterocycles. The fraction of sp³-hybridized carbons (Fsp3) is 0.538. The molecule has 2 rings (SSSR count). The zero-order chi connectivity index (χ0) is 13.3. The van der Waals surface area contributed by atoms with Crippen LogP contribution >= 0.6 is 0 Å². The maximum atomic E-state index is 12.5. The van der Waals surface area contributed by atoms with Gasteiger partial charge < -0.3 is 5.32 Å². The normalized spacial score (nSPS) is 20.6. The molecule has 0 spiro atoms. The number of nitrogens with zero attached hydrogens (tertiary/aromatic N) is 1. The van der Waals surface area contributed by atoms with Crippen molar-refractivity contribution in [1.82, 2.24) is 9.62 Å². The number of hydrogen-bond donors (Lipinski definition) is 1. The van der Waals surface area contributed by atoms with Crippen LogP contribution in [0.1, 0.15) is 17.5 Å². The highest BCUT2D eigenvalue weighted by atomic mass is 32.2. The predicted octanol–water partition coefficient (Wildman–Crippen LogP) is 1.29. The number of hydrogen-bond acceptors (Lipinski definition) is 3. The Bertz CT molecular complexity index is 534. The Kier molecular flexibility index (Phi) is 3.75. The molecule has 0 bridgehead atoms. The second-order valence-corrected chi connectivity index (χ2v) is 6.91. The lowest BCUT2D eigenvalue weighted by molar-refractivity contribution is 0.387. The summed E-state index contributed by atoms with van der Waals surface area (Å²) in [6, 6.07) is 5.37. The summed E-state index contributed by atoms with van der Waals surface area (Å²) in [6.07, 6.45) is 0.876. The van der Waals surface area contributed by atoms with Gasteiger partial charge in [0.1, 0.15) is 0 Å². The Morgan fingerprint density at radius 3 is 2.56 bits per heavy atom. The molecular formula is C13H20N2O2S. The van der Waals surface area contributed by atoms with Gasteiger partial charge in [0.05, 0.1) is 4.90 Å². The molecule has 0 unspecified atom stereocenters. The minimum absolute atomic E-state index is 0.0663. The van der Waals surface area contributed by atoms with Gasteiger partial charge in [-0.3, -0.25) is 0 Å². The summed E-state index contributed by atoms with van der Waals surface area (Å²) in [4.78, 5) is 0.389. The van der Waals surface area contributed by atoms with Gasteiger partial charge >= 0.3 is 0 Å². The van der Waals surface area contributed by atoms with Gasteiger partial charge in [0.25, 0.3) is 0 Å². The van der Waals surface area contributed by atoms with E-state index in [4.69, 9.17) is 0 Å². The van der Waals surface area contributed by atoms with Crippen molar-refractivity contribution in [3.8, 4) is 0 Å². The maximum Gasteiger partial charge on any atom is 0.243 e. The van der Waals surface area contributed by atoms with Gasteiger partial charge in [0.2, 0.25) is 10.0 Å².